The van der Waals surface area contributed by atoms with Crippen molar-refractivity contribution in [3.05, 3.63) is 0 Å². The predicted octanol–water partition coefficient (Wildman–Crippen LogP) is 1.47. The maximum Gasteiger partial charge on any atom is 0.0595 e. The van der Waals surface area contributed by atoms with E-state index in [1.807, 2.05) is 7.11 Å². The molecule has 98 valence electrons. The van der Waals surface area contributed by atoms with Crippen molar-refractivity contribution in [2.75, 3.05) is 26.7 Å². The number of hydrogen-bond donors (Lipinski definition) is 1. The predicted molar refractivity (Wildman–Crippen MR) is 68.8 cm³/mol. The normalized spacial score (nSPS) is 43.4. The first-order chi connectivity index (χ1) is 8.28. The Bertz CT molecular complexity index is 261. The molecule has 0 aromatic rings. The van der Waals surface area contributed by atoms with Gasteiger partial charge in [0.05, 0.1) is 6.10 Å². The van der Waals surface area contributed by atoms with Gasteiger partial charge in [0.1, 0.15) is 0 Å². The lowest BCUT2D eigenvalue weighted by molar-refractivity contribution is 0.0322. The van der Waals surface area contributed by atoms with Gasteiger partial charge in [-0.3, -0.25) is 0 Å². The number of fused-ring (bicyclic) bond motifs is 2. The van der Waals surface area contributed by atoms with E-state index in [4.69, 9.17) is 10.5 Å². The summed E-state index contributed by atoms with van der Waals surface area (Å²) in [6, 6.07) is 0.494. The molecule has 17 heavy (non-hydrogen) atoms. The third-order valence-corrected chi connectivity index (χ3v) is 5.49. The van der Waals surface area contributed by atoms with E-state index in [1.54, 1.807) is 0 Å². The van der Waals surface area contributed by atoms with Gasteiger partial charge in [-0.05, 0) is 49.9 Å². The number of likely N-dealkylation sites (tertiary alicyclic amines) is 1. The highest BCUT2D eigenvalue weighted by molar-refractivity contribution is 5.00. The molecule has 2 bridgehead atoms. The Kier molecular flexibility index (Phi) is 3.42. The van der Waals surface area contributed by atoms with Crippen LogP contribution in [0, 0.1) is 17.8 Å². The van der Waals surface area contributed by atoms with Crippen molar-refractivity contribution in [1.82, 2.24) is 4.90 Å². The minimum absolute atomic E-state index is 0.494. The van der Waals surface area contributed by atoms with E-state index in [9.17, 15) is 0 Å². The third-order valence-electron chi connectivity index (χ3n) is 5.49. The molecule has 3 fully saturated rings. The Morgan fingerprint density at radius 3 is 2.41 bits per heavy atom. The van der Waals surface area contributed by atoms with Crippen molar-refractivity contribution in [2.24, 2.45) is 23.5 Å². The molecule has 2 aliphatic carbocycles. The second-order valence-corrected chi connectivity index (χ2v) is 6.31. The summed E-state index contributed by atoms with van der Waals surface area (Å²) in [5, 5.41) is 0. The molecule has 3 heteroatoms. The number of nitrogens with zero attached hydrogens (tertiary/aromatic N) is 1. The van der Waals surface area contributed by atoms with Gasteiger partial charge in [-0.25, -0.2) is 0 Å². The molecule has 2 saturated carbocycles. The average Bonchev–Trinajstić information content (AvgIpc) is 2.94. The molecule has 1 heterocycles. The summed E-state index contributed by atoms with van der Waals surface area (Å²) >= 11 is 0. The van der Waals surface area contributed by atoms with Crippen LogP contribution in [0.4, 0.5) is 0 Å². The van der Waals surface area contributed by atoms with Crippen LogP contribution in [0.3, 0.4) is 0 Å². The summed E-state index contributed by atoms with van der Waals surface area (Å²) in [6.07, 6.45) is 7.16. The van der Waals surface area contributed by atoms with E-state index in [0.717, 1.165) is 17.8 Å². The minimum atomic E-state index is 0.494. The number of nitrogens with two attached hydrogens (primary N) is 1. The molecule has 3 nitrogen and oxygen atoms in total. The molecule has 4 atom stereocenters. The largest absolute Gasteiger partial charge is 0.381 e. The lowest BCUT2D eigenvalue weighted by Gasteiger charge is -2.37. The zero-order chi connectivity index (χ0) is 11.8. The molecule has 0 amide bonds. The van der Waals surface area contributed by atoms with E-state index < -0.39 is 0 Å². The van der Waals surface area contributed by atoms with Crippen molar-refractivity contribution in [1.29, 1.82) is 0 Å². The summed E-state index contributed by atoms with van der Waals surface area (Å²) in [6.45, 7) is 3.66. The van der Waals surface area contributed by atoms with E-state index in [0.29, 0.717) is 12.1 Å². The second kappa shape index (κ2) is 4.87. The maximum atomic E-state index is 6.38. The maximum absolute atomic E-state index is 6.38. The number of hydrogen-bond acceptors (Lipinski definition) is 3. The number of piperidine rings is 1. The van der Waals surface area contributed by atoms with Crippen LogP contribution in [0.15, 0.2) is 0 Å². The molecule has 0 aromatic carbocycles. The van der Waals surface area contributed by atoms with Crippen LogP contribution in [0.1, 0.15) is 32.1 Å². The Morgan fingerprint density at radius 1 is 1.12 bits per heavy atom. The second-order valence-electron chi connectivity index (χ2n) is 6.31. The molecule has 2 N–H and O–H groups in total. The van der Waals surface area contributed by atoms with Crippen LogP contribution in [0.5, 0.6) is 0 Å². The molecule has 0 aromatic heterocycles. The Balaban J connectivity index is 1.51. The first kappa shape index (κ1) is 11.9. The van der Waals surface area contributed by atoms with Gasteiger partial charge in [0.15, 0.2) is 0 Å². The third kappa shape index (κ3) is 2.25. The average molecular weight is 238 g/mol. The molecular weight excluding hydrogens is 212 g/mol. The van der Waals surface area contributed by atoms with Crippen LogP contribution in [0.25, 0.3) is 0 Å². The first-order valence-corrected chi connectivity index (χ1v) is 7.28. The molecule has 0 radical (unpaired) electrons. The zero-order valence-electron chi connectivity index (χ0n) is 11.0. The van der Waals surface area contributed by atoms with Gasteiger partial charge < -0.3 is 15.4 Å². The van der Waals surface area contributed by atoms with Crippen molar-refractivity contribution in [3.63, 3.8) is 0 Å². The van der Waals surface area contributed by atoms with Crippen LogP contribution < -0.4 is 5.73 Å². The Labute approximate surface area is 105 Å². The highest BCUT2D eigenvalue weighted by Gasteiger charge is 2.46. The van der Waals surface area contributed by atoms with Crippen molar-refractivity contribution >= 4 is 0 Å². The smallest absolute Gasteiger partial charge is 0.0595 e. The Morgan fingerprint density at radius 2 is 1.82 bits per heavy atom. The first-order valence-electron chi connectivity index (χ1n) is 7.28. The monoisotopic (exact) mass is 238 g/mol. The molecule has 3 rings (SSSR count). The van der Waals surface area contributed by atoms with Gasteiger partial charge in [0.2, 0.25) is 0 Å². The molecule has 1 aliphatic heterocycles. The molecule has 4 unspecified atom stereocenters. The molecule has 3 aliphatic rings. The highest BCUT2D eigenvalue weighted by Crippen LogP contribution is 2.47. The highest BCUT2D eigenvalue weighted by atomic mass is 16.5. The van der Waals surface area contributed by atoms with Gasteiger partial charge >= 0.3 is 0 Å². The minimum Gasteiger partial charge on any atom is -0.381 e. The number of rotatable bonds is 3. The Hall–Kier alpha value is -0.120. The van der Waals surface area contributed by atoms with Gasteiger partial charge in [0, 0.05) is 32.8 Å². The number of ether oxygens (including phenoxy) is 1. The van der Waals surface area contributed by atoms with Crippen molar-refractivity contribution < 1.29 is 4.74 Å². The van der Waals surface area contributed by atoms with E-state index in [1.165, 1.54) is 51.7 Å². The summed E-state index contributed by atoms with van der Waals surface area (Å²) in [5.41, 5.74) is 6.38. The summed E-state index contributed by atoms with van der Waals surface area (Å²) in [4.78, 5) is 2.63. The van der Waals surface area contributed by atoms with Crippen LogP contribution in [0.2, 0.25) is 0 Å². The summed E-state index contributed by atoms with van der Waals surface area (Å²) < 4.78 is 5.43. The fraction of sp³-hybridized carbons (Fsp3) is 1.00. The van der Waals surface area contributed by atoms with Gasteiger partial charge in [-0.15, -0.1) is 0 Å². The van der Waals surface area contributed by atoms with Gasteiger partial charge in [0.25, 0.3) is 0 Å². The SMILES string of the molecule is COC1CCN(CC2C3CCC(C3)C2N)CC1. The zero-order valence-corrected chi connectivity index (χ0v) is 11.0. The topological polar surface area (TPSA) is 38.5 Å². The lowest BCUT2D eigenvalue weighted by Crippen LogP contribution is -2.46. The molecule has 1 saturated heterocycles. The van der Waals surface area contributed by atoms with Gasteiger partial charge in [-0.1, -0.05) is 0 Å². The summed E-state index contributed by atoms with van der Waals surface area (Å²) in [5.74, 6) is 2.57. The van der Waals surface area contributed by atoms with Crippen molar-refractivity contribution in [3.8, 4) is 0 Å². The van der Waals surface area contributed by atoms with E-state index in [2.05, 4.69) is 4.90 Å². The van der Waals surface area contributed by atoms with Gasteiger partial charge in [-0.2, -0.15) is 0 Å². The standard InChI is InChI=1S/C14H26N2O/c1-17-12-4-6-16(7-5-12)9-13-10-2-3-11(8-10)14(13)15/h10-14H,2-9,15H2,1H3. The fourth-order valence-corrected chi connectivity index (χ4v) is 4.35. The quantitative estimate of drug-likeness (QED) is 0.809. The van der Waals surface area contributed by atoms with Crippen LogP contribution in [-0.2, 0) is 4.74 Å². The molecular formula is C14H26N2O. The fourth-order valence-electron chi connectivity index (χ4n) is 4.35. The van der Waals surface area contributed by atoms with Crippen LogP contribution in [-0.4, -0.2) is 43.8 Å². The lowest BCUT2D eigenvalue weighted by atomic mass is 9.84. The summed E-state index contributed by atoms with van der Waals surface area (Å²) in [7, 11) is 1.84. The number of methoxy groups -OCH3 is 1. The van der Waals surface area contributed by atoms with E-state index >= 15 is 0 Å². The molecule has 0 spiro atoms. The van der Waals surface area contributed by atoms with Crippen molar-refractivity contribution in [2.45, 2.75) is 44.2 Å². The van der Waals surface area contributed by atoms with Crippen LogP contribution >= 0.6 is 0 Å². The van der Waals surface area contributed by atoms with E-state index in [-0.39, 0.29) is 0 Å².